The third kappa shape index (κ3) is 7.41. The number of hydrogen-bond acceptors (Lipinski definition) is 3. The lowest BCUT2D eigenvalue weighted by molar-refractivity contribution is 0.474. The SMILES string of the molecule is CCNC(=NCCc1ccc(-n2cccn2)cc1)NCCc1cccc(O)c1.I. The maximum Gasteiger partial charge on any atom is 0.191 e. The van der Waals surface area contributed by atoms with Gasteiger partial charge < -0.3 is 15.7 Å². The van der Waals surface area contributed by atoms with E-state index in [1.807, 2.05) is 29.1 Å². The molecule has 3 N–H and O–H groups in total. The van der Waals surface area contributed by atoms with Gasteiger partial charge in [0.2, 0.25) is 0 Å². The van der Waals surface area contributed by atoms with Gasteiger partial charge in [0.1, 0.15) is 5.75 Å². The molecule has 0 aliphatic heterocycles. The third-order valence-electron chi connectivity index (χ3n) is 4.34. The van der Waals surface area contributed by atoms with Crippen molar-refractivity contribution in [3.8, 4) is 11.4 Å². The van der Waals surface area contributed by atoms with Gasteiger partial charge in [-0.25, -0.2) is 4.68 Å². The van der Waals surface area contributed by atoms with Gasteiger partial charge in [-0.05, 0) is 61.2 Å². The first-order valence-electron chi connectivity index (χ1n) is 9.63. The van der Waals surface area contributed by atoms with Crippen LogP contribution in [0.3, 0.4) is 0 Å². The van der Waals surface area contributed by atoms with E-state index in [0.29, 0.717) is 12.3 Å². The van der Waals surface area contributed by atoms with Gasteiger partial charge in [-0.3, -0.25) is 4.99 Å². The molecule has 1 aromatic heterocycles. The number of halogens is 1. The zero-order valence-electron chi connectivity index (χ0n) is 16.6. The Hall–Kier alpha value is -2.55. The van der Waals surface area contributed by atoms with Crippen LogP contribution in [0.5, 0.6) is 5.75 Å². The molecule has 0 fully saturated rings. The number of phenolic OH excluding ortho intramolecular Hbond substituents is 1. The van der Waals surface area contributed by atoms with E-state index in [4.69, 9.17) is 0 Å². The fourth-order valence-electron chi connectivity index (χ4n) is 2.91. The molecular formula is C22H28IN5O. The lowest BCUT2D eigenvalue weighted by Gasteiger charge is -2.11. The molecule has 0 saturated heterocycles. The molecule has 154 valence electrons. The van der Waals surface area contributed by atoms with Gasteiger partial charge in [0.15, 0.2) is 5.96 Å². The average Bonchev–Trinajstić information content (AvgIpc) is 3.23. The van der Waals surface area contributed by atoms with Crippen LogP contribution < -0.4 is 10.6 Å². The number of nitrogens with zero attached hydrogens (tertiary/aromatic N) is 3. The van der Waals surface area contributed by atoms with Crippen molar-refractivity contribution in [1.29, 1.82) is 0 Å². The van der Waals surface area contributed by atoms with Gasteiger partial charge in [0.25, 0.3) is 0 Å². The van der Waals surface area contributed by atoms with Crippen LogP contribution in [0.25, 0.3) is 5.69 Å². The van der Waals surface area contributed by atoms with Crippen LogP contribution in [-0.2, 0) is 12.8 Å². The van der Waals surface area contributed by atoms with Crippen molar-refractivity contribution >= 4 is 29.9 Å². The highest BCUT2D eigenvalue weighted by atomic mass is 127. The van der Waals surface area contributed by atoms with E-state index < -0.39 is 0 Å². The Morgan fingerprint density at radius 1 is 1.03 bits per heavy atom. The topological polar surface area (TPSA) is 74.5 Å². The van der Waals surface area contributed by atoms with Gasteiger partial charge >= 0.3 is 0 Å². The van der Waals surface area contributed by atoms with Crippen LogP contribution in [0.2, 0.25) is 0 Å². The number of aliphatic imine (C=N–C) groups is 1. The lowest BCUT2D eigenvalue weighted by Crippen LogP contribution is -2.38. The number of hydrogen-bond donors (Lipinski definition) is 3. The Kier molecular flexibility index (Phi) is 9.49. The summed E-state index contributed by atoms with van der Waals surface area (Å²) in [4.78, 5) is 4.66. The minimum Gasteiger partial charge on any atom is -0.508 e. The second-order valence-corrected chi connectivity index (χ2v) is 6.47. The zero-order chi connectivity index (χ0) is 19.6. The van der Waals surface area contributed by atoms with Gasteiger partial charge in [0.05, 0.1) is 5.69 Å². The molecule has 2 aromatic carbocycles. The fraction of sp³-hybridized carbons (Fsp3) is 0.273. The maximum absolute atomic E-state index is 9.54. The molecular weight excluding hydrogens is 477 g/mol. The Morgan fingerprint density at radius 2 is 1.86 bits per heavy atom. The molecule has 3 aromatic rings. The molecule has 0 aliphatic carbocycles. The van der Waals surface area contributed by atoms with Crippen molar-refractivity contribution in [2.75, 3.05) is 19.6 Å². The normalized spacial score (nSPS) is 11.0. The van der Waals surface area contributed by atoms with Crippen molar-refractivity contribution in [2.24, 2.45) is 4.99 Å². The summed E-state index contributed by atoms with van der Waals surface area (Å²) < 4.78 is 1.85. The molecule has 7 heteroatoms. The monoisotopic (exact) mass is 505 g/mol. The van der Waals surface area contributed by atoms with Gasteiger partial charge in [-0.2, -0.15) is 5.10 Å². The second-order valence-electron chi connectivity index (χ2n) is 6.47. The third-order valence-corrected chi connectivity index (χ3v) is 4.34. The summed E-state index contributed by atoms with van der Waals surface area (Å²) in [7, 11) is 0. The van der Waals surface area contributed by atoms with Crippen molar-refractivity contribution in [3.05, 3.63) is 78.1 Å². The van der Waals surface area contributed by atoms with Gasteiger partial charge in [-0.1, -0.05) is 24.3 Å². The van der Waals surface area contributed by atoms with Crippen LogP contribution >= 0.6 is 24.0 Å². The second kappa shape index (κ2) is 12.1. The molecule has 0 radical (unpaired) electrons. The minimum absolute atomic E-state index is 0. The van der Waals surface area contributed by atoms with E-state index in [0.717, 1.165) is 43.1 Å². The first-order valence-corrected chi connectivity index (χ1v) is 9.63. The van der Waals surface area contributed by atoms with Gasteiger partial charge in [-0.15, -0.1) is 24.0 Å². The van der Waals surface area contributed by atoms with E-state index in [-0.39, 0.29) is 24.0 Å². The Morgan fingerprint density at radius 3 is 2.55 bits per heavy atom. The molecule has 0 bridgehead atoms. The standard InChI is InChI=1S/C22H27N5O.HI/c1-2-23-22(25-15-12-19-5-3-6-21(28)17-19)24-14-11-18-7-9-20(10-8-18)27-16-4-13-26-27;/h3-10,13,16-17,28H,2,11-12,14-15H2,1H3,(H2,23,24,25);1H. The highest BCUT2D eigenvalue weighted by Gasteiger charge is 2.00. The number of benzene rings is 2. The molecule has 1 heterocycles. The smallest absolute Gasteiger partial charge is 0.191 e. The molecule has 3 rings (SSSR count). The van der Waals surface area contributed by atoms with E-state index in [2.05, 4.69) is 51.9 Å². The Bertz CT molecular complexity index is 878. The molecule has 0 spiro atoms. The number of guanidine groups is 1. The molecule has 0 atom stereocenters. The quantitative estimate of drug-likeness (QED) is 0.249. The summed E-state index contributed by atoms with van der Waals surface area (Å²) in [5.74, 6) is 1.12. The zero-order valence-corrected chi connectivity index (χ0v) is 18.9. The maximum atomic E-state index is 9.54. The van der Waals surface area contributed by atoms with E-state index >= 15 is 0 Å². The summed E-state index contributed by atoms with van der Waals surface area (Å²) in [6.45, 7) is 4.34. The summed E-state index contributed by atoms with van der Waals surface area (Å²) in [6.07, 6.45) is 5.42. The van der Waals surface area contributed by atoms with Crippen molar-refractivity contribution in [2.45, 2.75) is 19.8 Å². The van der Waals surface area contributed by atoms with Crippen LogP contribution in [-0.4, -0.2) is 40.5 Å². The fourth-order valence-corrected chi connectivity index (χ4v) is 2.91. The summed E-state index contributed by atoms with van der Waals surface area (Å²) >= 11 is 0. The molecule has 0 unspecified atom stereocenters. The predicted molar refractivity (Wildman–Crippen MR) is 128 cm³/mol. The number of nitrogens with one attached hydrogen (secondary N) is 2. The number of phenols is 1. The number of aromatic nitrogens is 2. The van der Waals surface area contributed by atoms with Crippen LogP contribution in [0.4, 0.5) is 0 Å². The first-order chi connectivity index (χ1) is 13.7. The molecule has 0 aliphatic rings. The largest absolute Gasteiger partial charge is 0.508 e. The number of aromatic hydroxyl groups is 1. The summed E-state index contributed by atoms with van der Waals surface area (Å²) in [6, 6.07) is 17.7. The summed E-state index contributed by atoms with van der Waals surface area (Å²) in [5, 5.41) is 20.4. The van der Waals surface area contributed by atoms with Crippen molar-refractivity contribution in [1.82, 2.24) is 20.4 Å². The minimum atomic E-state index is 0. The Labute approximate surface area is 189 Å². The van der Waals surface area contributed by atoms with Crippen LogP contribution in [0, 0.1) is 0 Å². The molecule has 6 nitrogen and oxygen atoms in total. The van der Waals surface area contributed by atoms with Crippen molar-refractivity contribution < 1.29 is 5.11 Å². The van der Waals surface area contributed by atoms with E-state index in [9.17, 15) is 5.11 Å². The summed E-state index contributed by atoms with van der Waals surface area (Å²) in [5.41, 5.74) is 3.40. The molecule has 0 saturated carbocycles. The number of rotatable bonds is 8. The van der Waals surface area contributed by atoms with E-state index in [1.165, 1.54) is 5.56 Å². The molecule has 29 heavy (non-hydrogen) atoms. The molecule has 0 amide bonds. The first kappa shape index (κ1) is 22.7. The van der Waals surface area contributed by atoms with Gasteiger partial charge in [0, 0.05) is 32.0 Å². The Balaban J connectivity index is 0.00000300. The highest BCUT2D eigenvalue weighted by molar-refractivity contribution is 14.0. The van der Waals surface area contributed by atoms with Crippen LogP contribution in [0.15, 0.2) is 72.0 Å². The average molecular weight is 505 g/mol. The highest BCUT2D eigenvalue weighted by Crippen LogP contribution is 2.11. The van der Waals surface area contributed by atoms with Crippen LogP contribution in [0.1, 0.15) is 18.1 Å². The lowest BCUT2D eigenvalue weighted by atomic mass is 10.1. The predicted octanol–water partition coefficient (Wildman–Crippen LogP) is 3.54. The van der Waals surface area contributed by atoms with E-state index in [1.54, 1.807) is 18.3 Å². The van der Waals surface area contributed by atoms with Crippen molar-refractivity contribution in [3.63, 3.8) is 0 Å².